The third-order valence-corrected chi connectivity index (χ3v) is 4.70. The predicted molar refractivity (Wildman–Crippen MR) is 77.9 cm³/mol. The summed E-state index contributed by atoms with van der Waals surface area (Å²) in [7, 11) is 0. The number of rotatable bonds is 3. The maximum absolute atomic E-state index is 12.6. The van der Waals surface area contributed by atoms with Gasteiger partial charge in [-0.3, -0.25) is 4.79 Å². The van der Waals surface area contributed by atoms with Crippen LogP contribution < -0.4 is 0 Å². The Labute approximate surface area is 116 Å². The zero-order chi connectivity index (χ0) is 13.3. The van der Waals surface area contributed by atoms with Crippen LogP contribution in [0.5, 0.6) is 0 Å². The van der Waals surface area contributed by atoms with Gasteiger partial charge in [-0.05, 0) is 38.0 Å². The van der Waals surface area contributed by atoms with E-state index >= 15 is 0 Å². The summed E-state index contributed by atoms with van der Waals surface area (Å²) in [6, 6.07) is 11.7. The largest absolute Gasteiger partial charge is 0.292 e. The number of thiophene rings is 1. The molecule has 1 aromatic heterocycles. The molecule has 0 atom stereocenters. The van der Waals surface area contributed by atoms with Crippen LogP contribution in [0.15, 0.2) is 36.4 Å². The van der Waals surface area contributed by atoms with Gasteiger partial charge in [0.15, 0.2) is 5.78 Å². The Kier molecular flexibility index (Phi) is 3.60. The summed E-state index contributed by atoms with van der Waals surface area (Å²) in [5.74, 6) is 0.119. The van der Waals surface area contributed by atoms with E-state index in [-0.39, 0.29) is 5.78 Å². The molecular formula is C15H15ClOS. The van der Waals surface area contributed by atoms with E-state index in [1.807, 2.05) is 57.2 Å². The molecule has 0 N–H and O–H groups in total. The van der Waals surface area contributed by atoms with Gasteiger partial charge in [0.05, 0.1) is 14.6 Å². The minimum atomic E-state index is -0.526. The van der Waals surface area contributed by atoms with E-state index in [4.69, 9.17) is 11.6 Å². The lowest BCUT2D eigenvalue weighted by Crippen LogP contribution is -2.28. The van der Waals surface area contributed by atoms with Crippen molar-refractivity contribution < 1.29 is 4.79 Å². The first-order valence-electron chi connectivity index (χ1n) is 5.79. The summed E-state index contributed by atoms with van der Waals surface area (Å²) in [4.78, 5) is 13.3. The van der Waals surface area contributed by atoms with Crippen LogP contribution in [0.2, 0.25) is 4.34 Å². The summed E-state index contributed by atoms with van der Waals surface area (Å²) in [6.45, 7) is 5.83. The Balaban J connectivity index is 2.39. The van der Waals surface area contributed by atoms with E-state index in [1.165, 1.54) is 11.3 Å². The fourth-order valence-corrected chi connectivity index (χ4v) is 3.17. The summed E-state index contributed by atoms with van der Waals surface area (Å²) in [6.07, 6.45) is 0. The van der Waals surface area contributed by atoms with Crippen LogP contribution in [0.1, 0.15) is 34.6 Å². The lowest BCUT2D eigenvalue weighted by atomic mass is 9.80. The van der Waals surface area contributed by atoms with E-state index in [9.17, 15) is 4.79 Å². The molecule has 0 amide bonds. The van der Waals surface area contributed by atoms with Gasteiger partial charge in [-0.25, -0.2) is 0 Å². The second kappa shape index (κ2) is 4.87. The van der Waals surface area contributed by atoms with E-state index in [1.54, 1.807) is 0 Å². The molecule has 0 bridgehead atoms. The predicted octanol–water partition coefficient (Wildman–Crippen LogP) is 4.87. The van der Waals surface area contributed by atoms with Gasteiger partial charge in [0, 0.05) is 0 Å². The SMILES string of the molecule is Cc1cc(C(=O)C(C)(C)c2ccccc2)sc1Cl. The molecule has 1 heterocycles. The topological polar surface area (TPSA) is 17.1 Å². The molecule has 0 saturated carbocycles. The number of Topliss-reactive ketones (excluding diaryl/α,β-unsaturated/α-hetero) is 1. The van der Waals surface area contributed by atoms with Gasteiger partial charge in [0.25, 0.3) is 0 Å². The molecule has 0 spiro atoms. The van der Waals surface area contributed by atoms with Gasteiger partial charge in [0.1, 0.15) is 0 Å². The number of carbonyl (C=O) groups is 1. The molecule has 0 radical (unpaired) electrons. The average molecular weight is 279 g/mol. The highest BCUT2D eigenvalue weighted by atomic mass is 35.5. The van der Waals surface area contributed by atoms with Crippen LogP contribution in [-0.4, -0.2) is 5.78 Å². The first-order chi connectivity index (χ1) is 8.43. The van der Waals surface area contributed by atoms with Crippen molar-refractivity contribution in [3.63, 3.8) is 0 Å². The first kappa shape index (κ1) is 13.3. The number of hydrogen-bond acceptors (Lipinski definition) is 2. The summed E-state index contributed by atoms with van der Waals surface area (Å²) in [5, 5.41) is 0. The van der Waals surface area contributed by atoms with Crippen molar-refractivity contribution in [2.45, 2.75) is 26.2 Å². The molecule has 1 aromatic carbocycles. The van der Waals surface area contributed by atoms with E-state index in [2.05, 4.69) is 0 Å². The lowest BCUT2D eigenvalue weighted by molar-refractivity contribution is 0.0913. The summed E-state index contributed by atoms with van der Waals surface area (Å²) >= 11 is 7.40. The Morgan fingerprint density at radius 1 is 1.22 bits per heavy atom. The van der Waals surface area contributed by atoms with Gasteiger partial charge in [0.2, 0.25) is 0 Å². The number of hydrogen-bond donors (Lipinski definition) is 0. The van der Waals surface area contributed by atoms with Crippen LogP contribution in [0.3, 0.4) is 0 Å². The lowest BCUT2D eigenvalue weighted by Gasteiger charge is -2.22. The van der Waals surface area contributed by atoms with Crippen molar-refractivity contribution in [2.75, 3.05) is 0 Å². The summed E-state index contributed by atoms with van der Waals surface area (Å²) in [5.41, 5.74) is 1.47. The van der Waals surface area contributed by atoms with Gasteiger partial charge in [-0.15, -0.1) is 11.3 Å². The molecule has 2 rings (SSSR count). The molecule has 0 aliphatic heterocycles. The van der Waals surface area contributed by atoms with Crippen molar-refractivity contribution in [3.8, 4) is 0 Å². The maximum Gasteiger partial charge on any atom is 0.182 e. The average Bonchev–Trinajstić information content (AvgIpc) is 2.69. The molecule has 94 valence electrons. The third kappa shape index (κ3) is 2.36. The molecule has 0 aliphatic rings. The molecule has 1 nitrogen and oxygen atoms in total. The van der Waals surface area contributed by atoms with Gasteiger partial charge >= 0.3 is 0 Å². The van der Waals surface area contributed by atoms with Crippen LogP contribution in [0.4, 0.5) is 0 Å². The monoisotopic (exact) mass is 278 g/mol. The molecular weight excluding hydrogens is 264 g/mol. The first-order valence-corrected chi connectivity index (χ1v) is 6.98. The number of carbonyl (C=O) groups excluding carboxylic acids is 1. The smallest absolute Gasteiger partial charge is 0.182 e. The quantitative estimate of drug-likeness (QED) is 0.732. The fourth-order valence-electron chi connectivity index (χ4n) is 1.87. The maximum atomic E-state index is 12.6. The minimum absolute atomic E-state index is 0.119. The Hall–Kier alpha value is -1.12. The molecule has 0 saturated heterocycles. The van der Waals surface area contributed by atoms with Gasteiger partial charge < -0.3 is 0 Å². The van der Waals surface area contributed by atoms with Crippen molar-refractivity contribution in [3.05, 3.63) is 56.7 Å². The van der Waals surface area contributed by atoms with Crippen molar-refractivity contribution >= 4 is 28.7 Å². The van der Waals surface area contributed by atoms with E-state index in [0.717, 1.165) is 16.0 Å². The second-order valence-corrected chi connectivity index (χ2v) is 6.54. The molecule has 3 heteroatoms. The zero-order valence-corrected chi connectivity index (χ0v) is 12.2. The highest BCUT2D eigenvalue weighted by Gasteiger charge is 2.31. The van der Waals surface area contributed by atoms with Crippen LogP contribution in [0.25, 0.3) is 0 Å². The number of halogens is 1. The van der Waals surface area contributed by atoms with Crippen LogP contribution >= 0.6 is 22.9 Å². The molecule has 0 fully saturated rings. The van der Waals surface area contributed by atoms with Gasteiger partial charge in [-0.1, -0.05) is 41.9 Å². The minimum Gasteiger partial charge on any atom is -0.292 e. The van der Waals surface area contributed by atoms with Crippen LogP contribution in [-0.2, 0) is 5.41 Å². The van der Waals surface area contributed by atoms with Gasteiger partial charge in [-0.2, -0.15) is 0 Å². The second-order valence-electron chi connectivity index (χ2n) is 4.89. The fraction of sp³-hybridized carbons (Fsp3) is 0.267. The Morgan fingerprint density at radius 3 is 2.33 bits per heavy atom. The van der Waals surface area contributed by atoms with E-state index < -0.39 is 5.41 Å². The summed E-state index contributed by atoms with van der Waals surface area (Å²) < 4.78 is 0.696. The molecule has 18 heavy (non-hydrogen) atoms. The van der Waals surface area contributed by atoms with E-state index in [0.29, 0.717) is 4.34 Å². The Morgan fingerprint density at radius 2 is 1.83 bits per heavy atom. The Bertz CT molecular complexity index is 550. The standard InChI is InChI=1S/C15H15ClOS/c1-10-9-12(18-14(10)16)13(17)15(2,3)11-7-5-4-6-8-11/h4-9H,1-3H3. The zero-order valence-electron chi connectivity index (χ0n) is 10.7. The third-order valence-electron chi connectivity index (χ3n) is 3.14. The number of benzene rings is 1. The number of ketones is 1. The molecule has 0 unspecified atom stereocenters. The van der Waals surface area contributed by atoms with Crippen molar-refractivity contribution in [1.82, 2.24) is 0 Å². The van der Waals surface area contributed by atoms with Crippen molar-refractivity contribution in [1.29, 1.82) is 0 Å². The highest BCUT2D eigenvalue weighted by Crippen LogP contribution is 2.33. The molecule has 0 aliphatic carbocycles. The number of aryl methyl sites for hydroxylation is 1. The van der Waals surface area contributed by atoms with Crippen molar-refractivity contribution in [2.24, 2.45) is 0 Å². The normalized spacial score (nSPS) is 11.6. The highest BCUT2D eigenvalue weighted by molar-refractivity contribution is 7.18. The van der Waals surface area contributed by atoms with Crippen LogP contribution in [0, 0.1) is 6.92 Å². The molecule has 2 aromatic rings.